The smallest absolute Gasteiger partial charge is 0.255 e. The molecule has 23 heavy (non-hydrogen) atoms. The molecule has 0 saturated carbocycles. The van der Waals surface area contributed by atoms with Gasteiger partial charge in [0.25, 0.3) is 5.91 Å². The van der Waals surface area contributed by atoms with E-state index in [4.69, 9.17) is 0 Å². The molecule has 4 nitrogen and oxygen atoms in total. The molecule has 0 unspecified atom stereocenters. The van der Waals surface area contributed by atoms with E-state index < -0.39 is 0 Å². The molecule has 1 saturated heterocycles. The largest absolute Gasteiger partial charge is 0.321 e. The van der Waals surface area contributed by atoms with E-state index in [2.05, 4.69) is 21.2 Å². The average Bonchev–Trinajstić information content (AvgIpc) is 2.96. The lowest BCUT2D eigenvalue weighted by atomic mass is 10.1. The lowest BCUT2D eigenvalue weighted by Gasteiger charge is -2.16. The molecule has 1 fully saturated rings. The summed E-state index contributed by atoms with van der Waals surface area (Å²) in [5.41, 5.74) is 3.27. The summed E-state index contributed by atoms with van der Waals surface area (Å²) in [6.45, 7) is 2.75. The highest BCUT2D eigenvalue weighted by molar-refractivity contribution is 9.10. The number of hydrogen-bond donors (Lipinski definition) is 1. The van der Waals surface area contributed by atoms with Gasteiger partial charge in [0.1, 0.15) is 0 Å². The van der Waals surface area contributed by atoms with Crippen molar-refractivity contribution in [1.29, 1.82) is 0 Å². The molecule has 2 aromatic rings. The molecule has 2 aromatic carbocycles. The molecule has 5 heteroatoms. The zero-order valence-electron chi connectivity index (χ0n) is 12.8. The van der Waals surface area contributed by atoms with E-state index in [0.29, 0.717) is 12.0 Å². The van der Waals surface area contributed by atoms with E-state index in [1.807, 2.05) is 37.3 Å². The molecule has 0 atom stereocenters. The third kappa shape index (κ3) is 3.45. The van der Waals surface area contributed by atoms with Crippen molar-refractivity contribution in [1.82, 2.24) is 0 Å². The molecule has 0 aliphatic carbocycles. The van der Waals surface area contributed by atoms with Gasteiger partial charge >= 0.3 is 0 Å². The Hall–Kier alpha value is -2.14. The normalized spacial score (nSPS) is 14.2. The molecule has 0 spiro atoms. The molecule has 0 radical (unpaired) electrons. The predicted octanol–water partition coefficient (Wildman–Crippen LogP) is 4.14. The maximum absolute atomic E-state index is 12.3. The van der Waals surface area contributed by atoms with Crippen LogP contribution in [0.1, 0.15) is 28.8 Å². The van der Waals surface area contributed by atoms with E-state index in [0.717, 1.165) is 34.4 Å². The summed E-state index contributed by atoms with van der Waals surface area (Å²) in [5, 5.41) is 2.89. The highest BCUT2D eigenvalue weighted by atomic mass is 79.9. The molecule has 1 aliphatic rings. The molecule has 3 rings (SSSR count). The van der Waals surface area contributed by atoms with E-state index in [9.17, 15) is 9.59 Å². The molecule has 2 amide bonds. The summed E-state index contributed by atoms with van der Waals surface area (Å²) < 4.78 is 0.852. The maximum atomic E-state index is 12.3. The Morgan fingerprint density at radius 3 is 2.52 bits per heavy atom. The van der Waals surface area contributed by atoms with Crippen molar-refractivity contribution in [3.8, 4) is 0 Å². The fourth-order valence-corrected chi connectivity index (χ4v) is 3.22. The van der Waals surface area contributed by atoms with Crippen molar-refractivity contribution in [3.63, 3.8) is 0 Å². The second-order valence-corrected chi connectivity index (χ2v) is 6.49. The van der Waals surface area contributed by atoms with E-state index in [-0.39, 0.29) is 11.8 Å². The van der Waals surface area contributed by atoms with Crippen LogP contribution in [0.2, 0.25) is 0 Å². The highest BCUT2D eigenvalue weighted by Gasteiger charge is 2.21. The SMILES string of the molecule is Cc1ccc(NC(=O)c2ccc(N3CCCC3=O)cc2)c(Br)c1. The first kappa shape index (κ1) is 15.7. The lowest BCUT2D eigenvalue weighted by Crippen LogP contribution is -2.23. The van der Waals surface area contributed by atoms with E-state index in [1.165, 1.54) is 0 Å². The van der Waals surface area contributed by atoms with Gasteiger partial charge in [0.2, 0.25) is 5.91 Å². The summed E-state index contributed by atoms with van der Waals surface area (Å²) in [6, 6.07) is 12.9. The summed E-state index contributed by atoms with van der Waals surface area (Å²) in [6.07, 6.45) is 1.49. The van der Waals surface area contributed by atoms with Gasteiger partial charge in [-0.15, -0.1) is 0 Å². The van der Waals surface area contributed by atoms with Crippen molar-refractivity contribution in [2.75, 3.05) is 16.8 Å². The number of halogens is 1. The van der Waals surface area contributed by atoms with Crippen molar-refractivity contribution < 1.29 is 9.59 Å². The molecule has 0 bridgehead atoms. The Morgan fingerprint density at radius 2 is 1.91 bits per heavy atom. The zero-order chi connectivity index (χ0) is 16.4. The van der Waals surface area contributed by atoms with Crippen LogP contribution in [-0.2, 0) is 4.79 Å². The molecular weight excluding hydrogens is 356 g/mol. The quantitative estimate of drug-likeness (QED) is 0.879. The lowest BCUT2D eigenvalue weighted by molar-refractivity contribution is -0.117. The number of carbonyl (C=O) groups is 2. The Labute approximate surface area is 143 Å². The van der Waals surface area contributed by atoms with Crippen LogP contribution < -0.4 is 10.2 Å². The zero-order valence-corrected chi connectivity index (χ0v) is 14.4. The third-order valence-corrected chi connectivity index (χ3v) is 4.54. The topological polar surface area (TPSA) is 49.4 Å². The number of carbonyl (C=O) groups excluding carboxylic acids is 2. The third-order valence-electron chi connectivity index (χ3n) is 3.89. The maximum Gasteiger partial charge on any atom is 0.255 e. The Morgan fingerprint density at radius 1 is 1.17 bits per heavy atom. The molecule has 1 aliphatic heterocycles. The van der Waals surface area contributed by atoms with Crippen molar-refractivity contribution in [2.24, 2.45) is 0 Å². The number of nitrogens with one attached hydrogen (secondary N) is 1. The molecule has 1 N–H and O–H groups in total. The summed E-state index contributed by atoms with van der Waals surface area (Å²) in [7, 11) is 0. The van der Waals surface area contributed by atoms with Gasteiger partial charge in [-0.25, -0.2) is 0 Å². The first-order valence-electron chi connectivity index (χ1n) is 7.52. The number of aryl methyl sites for hydroxylation is 1. The monoisotopic (exact) mass is 372 g/mol. The fraction of sp³-hybridized carbons (Fsp3) is 0.222. The number of benzene rings is 2. The van der Waals surface area contributed by atoms with Crippen LogP contribution in [0.3, 0.4) is 0 Å². The van der Waals surface area contributed by atoms with Crippen molar-refractivity contribution in [2.45, 2.75) is 19.8 Å². The van der Waals surface area contributed by atoms with Gasteiger partial charge in [-0.2, -0.15) is 0 Å². The van der Waals surface area contributed by atoms with Crippen LogP contribution in [0, 0.1) is 6.92 Å². The minimum absolute atomic E-state index is 0.144. The molecular formula is C18H17BrN2O2. The first-order valence-corrected chi connectivity index (χ1v) is 8.32. The minimum Gasteiger partial charge on any atom is -0.321 e. The Balaban J connectivity index is 1.74. The van der Waals surface area contributed by atoms with Crippen LogP contribution in [0.4, 0.5) is 11.4 Å². The van der Waals surface area contributed by atoms with Crippen LogP contribution in [-0.4, -0.2) is 18.4 Å². The highest BCUT2D eigenvalue weighted by Crippen LogP contribution is 2.25. The summed E-state index contributed by atoms with van der Waals surface area (Å²) in [5.74, 6) is -0.0281. The fourth-order valence-electron chi connectivity index (χ4n) is 2.63. The van der Waals surface area contributed by atoms with Crippen LogP contribution >= 0.6 is 15.9 Å². The van der Waals surface area contributed by atoms with Crippen LogP contribution in [0.15, 0.2) is 46.9 Å². The Kier molecular flexibility index (Phi) is 4.48. The number of hydrogen-bond acceptors (Lipinski definition) is 2. The van der Waals surface area contributed by atoms with E-state index >= 15 is 0 Å². The Bertz CT molecular complexity index is 756. The second-order valence-electron chi connectivity index (χ2n) is 5.63. The standard InChI is InChI=1S/C18H17BrN2O2/c1-12-4-9-16(15(19)11-12)20-18(23)13-5-7-14(8-6-13)21-10-2-3-17(21)22/h4-9,11H,2-3,10H2,1H3,(H,20,23). The second kappa shape index (κ2) is 6.54. The van der Waals surface area contributed by atoms with Gasteiger partial charge < -0.3 is 10.2 Å². The summed E-state index contributed by atoms with van der Waals surface area (Å²) in [4.78, 5) is 25.8. The summed E-state index contributed by atoms with van der Waals surface area (Å²) >= 11 is 3.45. The van der Waals surface area contributed by atoms with Gasteiger partial charge in [-0.05, 0) is 71.2 Å². The van der Waals surface area contributed by atoms with Gasteiger partial charge in [-0.1, -0.05) is 6.07 Å². The average molecular weight is 373 g/mol. The number of rotatable bonds is 3. The van der Waals surface area contributed by atoms with Gasteiger partial charge in [0.15, 0.2) is 0 Å². The number of nitrogens with zero attached hydrogens (tertiary/aromatic N) is 1. The van der Waals surface area contributed by atoms with Gasteiger partial charge in [-0.3, -0.25) is 9.59 Å². The van der Waals surface area contributed by atoms with Gasteiger partial charge in [0.05, 0.1) is 5.69 Å². The van der Waals surface area contributed by atoms with Crippen molar-refractivity contribution >= 4 is 39.1 Å². The molecule has 1 heterocycles. The van der Waals surface area contributed by atoms with Crippen molar-refractivity contribution in [3.05, 3.63) is 58.1 Å². The van der Waals surface area contributed by atoms with Gasteiger partial charge in [0, 0.05) is 28.7 Å². The molecule has 0 aromatic heterocycles. The van der Waals surface area contributed by atoms with Crippen LogP contribution in [0.25, 0.3) is 0 Å². The number of amides is 2. The predicted molar refractivity (Wildman–Crippen MR) is 94.9 cm³/mol. The first-order chi connectivity index (χ1) is 11.0. The molecule has 118 valence electrons. The number of anilines is 2. The minimum atomic E-state index is -0.172. The van der Waals surface area contributed by atoms with E-state index in [1.54, 1.807) is 17.0 Å². The van der Waals surface area contributed by atoms with Crippen LogP contribution in [0.5, 0.6) is 0 Å².